The van der Waals surface area contributed by atoms with Crippen molar-refractivity contribution in [3.8, 4) is 16.2 Å². The number of unbranched alkanes of at least 4 members (excludes halogenated alkanes) is 2. The van der Waals surface area contributed by atoms with Crippen molar-refractivity contribution in [2.45, 2.75) is 46.0 Å². The number of carboxylic acid groups (broad SMARTS) is 1. The first kappa shape index (κ1) is 22.7. The normalized spacial score (nSPS) is 10.6. The predicted molar refractivity (Wildman–Crippen MR) is 116 cm³/mol. The van der Waals surface area contributed by atoms with E-state index >= 15 is 0 Å². The van der Waals surface area contributed by atoms with Crippen molar-refractivity contribution >= 4 is 28.5 Å². The van der Waals surface area contributed by atoms with Crippen LogP contribution in [0.4, 0.5) is 9.93 Å². The summed E-state index contributed by atoms with van der Waals surface area (Å²) in [4.78, 5) is 30.2. The molecule has 1 heterocycles. The van der Waals surface area contributed by atoms with E-state index in [0.29, 0.717) is 30.5 Å². The van der Waals surface area contributed by atoms with Crippen molar-refractivity contribution < 1.29 is 19.4 Å². The number of ether oxygens (including phenoxy) is 1. The Bertz CT molecular complexity index is 822. The van der Waals surface area contributed by atoms with Gasteiger partial charge in [0.05, 0.1) is 11.5 Å². The molecule has 0 atom stereocenters. The van der Waals surface area contributed by atoms with Crippen molar-refractivity contribution in [2.24, 2.45) is 0 Å². The highest BCUT2D eigenvalue weighted by Crippen LogP contribution is 2.37. The topological polar surface area (TPSA) is 91.8 Å². The number of nitrogens with zero attached hydrogens (tertiary/aromatic N) is 2. The number of nitrogens with one attached hydrogen (secondary N) is 1. The lowest BCUT2D eigenvalue weighted by Gasteiger charge is -2.15. The minimum atomic E-state index is -0.855. The zero-order valence-corrected chi connectivity index (χ0v) is 18.1. The molecule has 0 bridgehead atoms. The second-order valence-electron chi connectivity index (χ2n) is 6.61. The molecule has 0 aliphatic heterocycles. The van der Waals surface area contributed by atoms with E-state index in [9.17, 15) is 9.59 Å². The van der Waals surface area contributed by atoms with Gasteiger partial charge in [0, 0.05) is 37.3 Å². The van der Waals surface area contributed by atoms with Crippen LogP contribution in [0.1, 0.15) is 45.1 Å². The van der Waals surface area contributed by atoms with Crippen LogP contribution in [0.5, 0.6) is 5.75 Å². The van der Waals surface area contributed by atoms with Gasteiger partial charge in [-0.15, -0.1) is 0 Å². The van der Waals surface area contributed by atoms with Crippen molar-refractivity contribution in [3.05, 3.63) is 30.0 Å². The first-order valence-electron chi connectivity index (χ1n) is 9.92. The van der Waals surface area contributed by atoms with E-state index < -0.39 is 5.97 Å². The number of carbonyl (C=O) groups excluding carboxylic acids is 1. The van der Waals surface area contributed by atoms with E-state index in [4.69, 9.17) is 9.84 Å². The second-order valence-corrected chi connectivity index (χ2v) is 7.62. The van der Waals surface area contributed by atoms with Crippen LogP contribution in [0.2, 0.25) is 0 Å². The van der Waals surface area contributed by atoms with Gasteiger partial charge < -0.3 is 15.2 Å². The number of aromatic nitrogens is 1. The molecule has 158 valence electrons. The fourth-order valence-corrected chi connectivity index (χ4v) is 3.83. The van der Waals surface area contributed by atoms with Gasteiger partial charge in [0.1, 0.15) is 5.75 Å². The molecule has 0 fully saturated rings. The Balaban J connectivity index is 2.21. The van der Waals surface area contributed by atoms with E-state index in [0.717, 1.165) is 35.3 Å². The maximum Gasteiger partial charge on any atom is 0.323 e. The molecule has 0 saturated heterocycles. The molecule has 0 unspecified atom stereocenters. The summed E-state index contributed by atoms with van der Waals surface area (Å²) < 4.78 is 5.70. The molecule has 1 aromatic heterocycles. The molecule has 0 saturated carbocycles. The SMILES string of the molecule is CCCCCNC(=O)N(C)c1ncc(-c2cccc(OCC)c2CCC(=O)O)s1. The Morgan fingerprint density at radius 2 is 2.07 bits per heavy atom. The van der Waals surface area contributed by atoms with Crippen molar-refractivity contribution in [2.75, 3.05) is 25.1 Å². The summed E-state index contributed by atoms with van der Waals surface area (Å²) in [6.45, 7) is 5.16. The summed E-state index contributed by atoms with van der Waals surface area (Å²) in [7, 11) is 1.69. The molecule has 29 heavy (non-hydrogen) atoms. The number of benzene rings is 1. The fraction of sp³-hybridized carbons (Fsp3) is 0.476. The van der Waals surface area contributed by atoms with Crippen LogP contribution < -0.4 is 15.0 Å². The fourth-order valence-electron chi connectivity index (χ4n) is 2.90. The van der Waals surface area contributed by atoms with Gasteiger partial charge >= 0.3 is 12.0 Å². The minimum Gasteiger partial charge on any atom is -0.494 e. The Kier molecular flexibility index (Phi) is 8.92. The Hall–Kier alpha value is -2.61. The van der Waals surface area contributed by atoms with Gasteiger partial charge in [-0.25, -0.2) is 9.78 Å². The lowest BCUT2D eigenvalue weighted by molar-refractivity contribution is -0.136. The van der Waals surface area contributed by atoms with Gasteiger partial charge in [0.15, 0.2) is 5.13 Å². The van der Waals surface area contributed by atoms with Crippen LogP contribution in [0.3, 0.4) is 0 Å². The zero-order chi connectivity index (χ0) is 21.2. The van der Waals surface area contributed by atoms with E-state index in [2.05, 4.69) is 17.2 Å². The first-order chi connectivity index (χ1) is 14.0. The summed E-state index contributed by atoms with van der Waals surface area (Å²) in [5, 5.41) is 12.6. The van der Waals surface area contributed by atoms with E-state index in [1.54, 1.807) is 13.2 Å². The van der Waals surface area contributed by atoms with E-state index in [1.807, 2.05) is 25.1 Å². The molecule has 2 N–H and O–H groups in total. The van der Waals surface area contributed by atoms with Crippen molar-refractivity contribution in [1.82, 2.24) is 10.3 Å². The number of carboxylic acids is 1. The third-order valence-electron chi connectivity index (χ3n) is 4.43. The largest absolute Gasteiger partial charge is 0.494 e. The monoisotopic (exact) mass is 419 g/mol. The number of urea groups is 1. The Labute approximate surface area is 175 Å². The molecule has 2 aromatic rings. The average Bonchev–Trinajstić information content (AvgIpc) is 3.19. The number of hydrogen-bond donors (Lipinski definition) is 2. The molecule has 0 radical (unpaired) electrons. The average molecular weight is 420 g/mol. The lowest BCUT2D eigenvalue weighted by atomic mass is 10.0. The van der Waals surface area contributed by atoms with Crippen molar-refractivity contribution in [3.63, 3.8) is 0 Å². The molecule has 8 heteroatoms. The third-order valence-corrected chi connectivity index (χ3v) is 5.54. The molecule has 0 aliphatic rings. The highest BCUT2D eigenvalue weighted by atomic mass is 32.1. The van der Waals surface area contributed by atoms with Crippen LogP contribution in [0, 0.1) is 0 Å². The minimum absolute atomic E-state index is 0.0167. The summed E-state index contributed by atoms with van der Waals surface area (Å²) in [5.41, 5.74) is 1.73. The predicted octanol–water partition coefficient (Wildman–Crippen LogP) is 4.56. The van der Waals surface area contributed by atoms with Gasteiger partial charge in [-0.05, 0) is 25.8 Å². The van der Waals surface area contributed by atoms with Gasteiger partial charge in [0.25, 0.3) is 0 Å². The molecule has 7 nitrogen and oxygen atoms in total. The second kappa shape index (κ2) is 11.4. The number of carbonyl (C=O) groups is 2. The molecule has 1 aromatic carbocycles. The Morgan fingerprint density at radius 1 is 1.28 bits per heavy atom. The highest BCUT2D eigenvalue weighted by molar-refractivity contribution is 7.19. The number of aliphatic carboxylic acids is 1. The van der Waals surface area contributed by atoms with Crippen molar-refractivity contribution in [1.29, 1.82) is 0 Å². The molecular weight excluding hydrogens is 390 g/mol. The standard InChI is InChI=1S/C21H29N3O4S/c1-4-6-7-13-22-20(27)24(3)21-23-14-18(29-21)16-9-8-10-17(28-5-2)15(16)11-12-19(25)26/h8-10,14H,4-7,11-13H2,1-3H3,(H,22,27)(H,25,26). The number of thiazole rings is 1. The molecule has 2 amide bonds. The van der Waals surface area contributed by atoms with Gasteiger partial charge in [-0.3, -0.25) is 9.69 Å². The molecule has 0 aliphatic carbocycles. The summed E-state index contributed by atoms with van der Waals surface area (Å²) >= 11 is 1.39. The molecule has 0 spiro atoms. The maximum atomic E-state index is 12.3. The summed E-state index contributed by atoms with van der Waals surface area (Å²) in [6, 6.07) is 5.48. The van der Waals surface area contributed by atoms with Crippen LogP contribution in [-0.4, -0.2) is 42.3 Å². The summed E-state index contributed by atoms with van der Waals surface area (Å²) in [6.07, 6.45) is 5.24. The number of anilines is 1. The van der Waals surface area contributed by atoms with Crippen LogP contribution >= 0.6 is 11.3 Å². The van der Waals surface area contributed by atoms with Gasteiger partial charge in [-0.2, -0.15) is 0 Å². The van der Waals surface area contributed by atoms with Crippen LogP contribution in [-0.2, 0) is 11.2 Å². The number of rotatable bonds is 11. The maximum absolute atomic E-state index is 12.3. The summed E-state index contributed by atoms with van der Waals surface area (Å²) in [5.74, 6) is -0.171. The zero-order valence-electron chi connectivity index (χ0n) is 17.2. The number of amides is 2. The number of hydrogen-bond acceptors (Lipinski definition) is 5. The Morgan fingerprint density at radius 3 is 2.76 bits per heavy atom. The quantitative estimate of drug-likeness (QED) is 0.521. The van der Waals surface area contributed by atoms with Gasteiger partial charge in [0.2, 0.25) is 0 Å². The van der Waals surface area contributed by atoms with Crippen LogP contribution in [0.25, 0.3) is 10.4 Å². The van der Waals surface area contributed by atoms with Gasteiger partial charge in [-0.1, -0.05) is 43.2 Å². The molecule has 2 rings (SSSR count). The van der Waals surface area contributed by atoms with E-state index in [-0.39, 0.29) is 12.5 Å². The highest BCUT2D eigenvalue weighted by Gasteiger charge is 2.18. The van der Waals surface area contributed by atoms with E-state index in [1.165, 1.54) is 16.2 Å². The molecular formula is C21H29N3O4S. The smallest absolute Gasteiger partial charge is 0.323 e. The van der Waals surface area contributed by atoms with Crippen LogP contribution in [0.15, 0.2) is 24.4 Å². The first-order valence-corrected chi connectivity index (χ1v) is 10.7. The third kappa shape index (κ3) is 6.45. The lowest BCUT2D eigenvalue weighted by Crippen LogP contribution is -2.37.